The Morgan fingerprint density at radius 2 is 1.54 bits per heavy atom. The molecular weight excluding hydrogens is 365 g/mol. The molecule has 2 heterocycles. The van der Waals surface area contributed by atoms with Gasteiger partial charge in [0.1, 0.15) is 5.82 Å². The molecule has 0 amide bonds. The van der Waals surface area contributed by atoms with Crippen LogP contribution in [0.15, 0.2) is 60.7 Å². The van der Waals surface area contributed by atoms with Crippen molar-refractivity contribution in [2.75, 3.05) is 31.1 Å². The van der Waals surface area contributed by atoms with Crippen LogP contribution >= 0.6 is 23.2 Å². The fraction of sp³-hybridized carbons (Fsp3) is 0.190. The predicted octanol–water partition coefficient (Wildman–Crippen LogP) is 5.13. The Labute approximate surface area is 163 Å². The highest BCUT2D eigenvalue weighted by atomic mass is 35.5. The van der Waals surface area contributed by atoms with Crippen molar-refractivity contribution in [1.29, 1.82) is 0 Å². The molecule has 1 N–H and O–H groups in total. The zero-order valence-corrected chi connectivity index (χ0v) is 15.8. The van der Waals surface area contributed by atoms with Gasteiger partial charge in [0, 0.05) is 42.3 Å². The second-order valence-corrected chi connectivity index (χ2v) is 7.14. The van der Waals surface area contributed by atoms with Gasteiger partial charge in [-0.1, -0.05) is 65.7 Å². The Morgan fingerprint density at radius 3 is 2.23 bits per heavy atom. The molecule has 1 aromatic heterocycles. The Kier molecular flexibility index (Phi) is 5.11. The Hall–Kier alpha value is -2.07. The van der Waals surface area contributed by atoms with E-state index in [4.69, 9.17) is 28.2 Å². The largest absolute Gasteiger partial charge is 0.353 e. The highest BCUT2D eigenvalue weighted by Crippen LogP contribution is 2.37. The van der Waals surface area contributed by atoms with Gasteiger partial charge in [0.05, 0.1) is 10.7 Å². The van der Waals surface area contributed by atoms with E-state index in [1.54, 1.807) is 0 Å². The fourth-order valence-electron chi connectivity index (χ4n) is 3.24. The first-order chi connectivity index (χ1) is 12.7. The van der Waals surface area contributed by atoms with Crippen LogP contribution in [0.1, 0.15) is 0 Å². The maximum absolute atomic E-state index is 6.65. The van der Waals surface area contributed by atoms with Crippen LogP contribution in [0.5, 0.6) is 0 Å². The molecule has 26 heavy (non-hydrogen) atoms. The number of hydrogen-bond donors (Lipinski definition) is 1. The van der Waals surface area contributed by atoms with Crippen LogP contribution < -0.4 is 10.2 Å². The average Bonchev–Trinajstić information content (AvgIpc) is 2.70. The summed E-state index contributed by atoms with van der Waals surface area (Å²) in [5.74, 6) is 0.845. The first-order valence-electron chi connectivity index (χ1n) is 8.70. The molecule has 2 aromatic carbocycles. The topological polar surface area (TPSA) is 28.2 Å². The maximum atomic E-state index is 6.65. The van der Waals surface area contributed by atoms with Crippen LogP contribution in [-0.4, -0.2) is 31.2 Å². The normalized spacial score (nSPS) is 14.5. The molecule has 1 aliphatic heterocycles. The molecule has 132 valence electrons. The highest BCUT2D eigenvalue weighted by Gasteiger charge is 2.19. The van der Waals surface area contributed by atoms with Crippen LogP contribution in [0.3, 0.4) is 0 Å². The second kappa shape index (κ2) is 7.67. The van der Waals surface area contributed by atoms with Gasteiger partial charge in [-0.15, -0.1) is 0 Å². The smallest absolute Gasteiger partial charge is 0.148 e. The molecule has 0 bridgehead atoms. The summed E-state index contributed by atoms with van der Waals surface area (Å²) in [6.07, 6.45) is 0. The van der Waals surface area contributed by atoms with Crippen LogP contribution in [0.4, 0.5) is 5.82 Å². The van der Waals surface area contributed by atoms with Crippen molar-refractivity contribution in [3.63, 3.8) is 0 Å². The van der Waals surface area contributed by atoms with Gasteiger partial charge in [0.15, 0.2) is 0 Å². The molecule has 0 saturated carbocycles. The van der Waals surface area contributed by atoms with Crippen molar-refractivity contribution >= 4 is 29.0 Å². The molecule has 0 radical (unpaired) electrons. The molecular formula is C21H19Cl2N3. The first-order valence-corrected chi connectivity index (χ1v) is 9.45. The summed E-state index contributed by atoms with van der Waals surface area (Å²) in [4.78, 5) is 7.24. The Bertz CT molecular complexity index is 889. The van der Waals surface area contributed by atoms with Gasteiger partial charge in [0.25, 0.3) is 0 Å². The van der Waals surface area contributed by atoms with E-state index < -0.39 is 0 Å². The van der Waals surface area contributed by atoms with Gasteiger partial charge in [-0.25, -0.2) is 4.98 Å². The van der Waals surface area contributed by atoms with Crippen LogP contribution in [0, 0.1) is 0 Å². The number of piperazine rings is 1. The lowest BCUT2D eigenvalue weighted by Crippen LogP contribution is -2.44. The molecule has 3 aromatic rings. The molecule has 0 spiro atoms. The summed E-state index contributed by atoms with van der Waals surface area (Å²) < 4.78 is 0. The molecule has 4 rings (SSSR count). The van der Waals surface area contributed by atoms with Crippen molar-refractivity contribution in [3.05, 3.63) is 70.7 Å². The number of pyridine rings is 1. The minimum Gasteiger partial charge on any atom is -0.353 e. The minimum absolute atomic E-state index is 0.684. The monoisotopic (exact) mass is 383 g/mol. The molecule has 1 fully saturated rings. The van der Waals surface area contributed by atoms with Crippen molar-refractivity contribution < 1.29 is 0 Å². The van der Waals surface area contributed by atoms with Crippen molar-refractivity contribution in [2.45, 2.75) is 0 Å². The van der Waals surface area contributed by atoms with E-state index in [0.29, 0.717) is 10.0 Å². The maximum Gasteiger partial charge on any atom is 0.148 e. The zero-order chi connectivity index (χ0) is 17.9. The van der Waals surface area contributed by atoms with E-state index >= 15 is 0 Å². The lowest BCUT2D eigenvalue weighted by atomic mass is 9.99. The summed E-state index contributed by atoms with van der Waals surface area (Å²) >= 11 is 12.7. The number of anilines is 1. The average molecular weight is 384 g/mol. The van der Waals surface area contributed by atoms with Crippen molar-refractivity contribution in [3.8, 4) is 22.4 Å². The zero-order valence-electron chi connectivity index (χ0n) is 14.3. The number of rotatable bonds is 3. The van der Waals surface area contributed by atoms with Crippen LogP contribution in [0.25, 0.3) is 22.4 Å². The predicted molar refractivity (Wildman–Crippen MR) is 110 cm³/mol. The van der Waals surface area contributed by atoms with Crippen molar-refractivity contribution in [1.82, 2.24) is 10.3 Å². The molecule has 0 atom stereocenters. The first kappa shape index (κ1) is 17.3. The highest BCUT2D eigenvalue weighted by molar-refractivity contribution is 6.33. The van der Waals surface area contributed by atoms with E-state index in [1.165, 1.54) is 0 Å². The summed E-state index contributed by atoms with van der Waals surface area (Å²) in [6.45, 7) is 3.68. The van der Waals surface area contributed by atoms with E-state index in [2.05, 4.69) is 22.3 Å². The van der Waals surface area contributed by atoms with E-state index in [9.17, 15) is 0 Å². The number of benzene rings is 2. The van der Waals surface area contributed by atoms with Gasteiger partial charge >= 0.3 is 0 Å². The number of halogens is 2. The summed E-state index contributed by atoms with van der Waals surface area (Å²) in [6, 6.07) is 20.1. The van der Waals surface area contributed by atoms with Crippen LogP contribution in [0.2, 0.25) is 10.0 Å². The third-order valence-corrected chi connectivity index (χ3v) is 5.11. The summed E-state index contributed by atoms with van der Waals surface area (Å²) in [5.41, 5.74) is 4.07. The molecule has 5 heteroatoms. The number of hydrogen-bond acceptors (Lipinski definition) is 3. The Balaban J connectivity index is 1.87. The van der Waals surface area contributed by atoms with Crippen molar-refractivity contribution in [2.24, 2.45) is 0 Å². The van der Waals surface area contributed by atoms with Gasteiger partial charge in [-0.3, -0.25) is 0 Å². The summed E-state index contributed by atoms with van der Waals surface area (Å²) in [5, 5.41) is 4.76. The molecule has 0 unspecified atom stereocenters. The van der Waals surface area contributed by atoms with E-state index in [-0.39, 0.29) is 0 Å². The third kappa shape index (κ3) is 3.56. The summed E-state index contributed by atoms with van der Waals surface area (Å²) in [7, 11) is 0. The standard InChI is InChI=1S/C21H19Cl2N3/c22-17-8-6-16(7-9-17)20-18(15-4-2-1-3-5-15)14-19(23)21(25-20)26-12-10-24-11-13-26/h1-9,14,24H,10-13H2. The second-order valence-electron chi connectivity index (χ2n) is 6.30. The molecule has 1 aliphatic rings. The quantitative estimate of drug-likeness (QED) is 0.679. The van der Waals surface area contributed by atoms with Crippen LogP contribution in [-0.2, 0) is 0 Å². The SMILES string of the molecule is Clc1ccc(-c2nc(N3CCNCC3)c(Cl)cc2-c2ccccc2)cc1. The molecule has 1 saturated heterocycles. The number of aromatic nitrogens is 1. The lowest BCUT2D eigenvalue weighted by Gasteiger charge is -2.30. The van der Waals surface area contributed by atoms with Gasteiger partial charge in [-0.2, -0.15) is 0 Å². The van der Waals surface area contributed by atoms with Gasteiger partial charge in [-0.05, 0) is 23.8 Å². The van der Waals surface area contributed by atoms with Gasteiger partial charge in [0.2, 0.25) is 0 Å². The fourth-order valence-corrected chi connectivity index (χ4v) is 3.64. The number of nitrogens with zero attached hydrogens (tertiary/aromatic N) is 2. The minimum atomic E-state index is 0.684. The number of nitrogens with one attached hydrogen (secondary N) is 1. The molecule has 3 nitrogen and oxygen atoms in total. The molecule has 0 aliphatic carbocycles. The van der Waals surface area contributed by atoms with E-state index in [0.717, 1.165) is 54.4 Å². The van der Waals surface area contributed by atoms with Gasteiger partial charge < -0.3 is 10.2 Å². The van der Waals surface area contributed by atoms with E-state index in [1.807, 2.05) is 48.5 Å². The third-order valence-electron chi connectivity index (χ3n) is 4.58. The Morgan fingerprint density at radius 1 is 0.846 bits per heavy atom. The lowest BCUT2D eigenvalue weighted by molar-refractivity contribution is 0.585.